The Morgan fingerprint density at radius 3 is 2.76 bits per heavy atom. The lowest BCUT2D eigenvalue weighted by atomic mass is 10.2. The van der Waals surface area contributed by atoms with Crippen LogP contribution in [0.2, 0.25) is 0 Å². The predicted molar refractivity (Wildman–Crippen MR) is 126 cm³/mol. The van der Waals surface area contributed by atoms with Crippen molar-refractivity contribution < 1.29 is 0 Å². The van der Waals surface area contributed by atoms with E-state index in [1.165, 1.54) is 16.9 Å². The molecule has 8 heteroatoms. The van der Waals surface area contributed by atoms with E-state index in [1.807, 2.05) is 35.7 Å². The van der Waals surface area contributed by atoms with Crippen LogP contribution in [-0.4, -0.2) is 14.5 Å². The van der Waals surface area contributed by atoms with Crippen LogP contribution in [0.4, 0.5) is 0 Å². The summed E-state index contributed by atoms with van der Waals surface area (Å²) in [5.41, 5.74) is 1.95. The van der Waals surface area contributed by atoms with Crippen LogP contribution in [0.3, 0.4) is 0 Å². The Labute approximate surface area is 187 Å². The Hall–Kier alpha value is -2.00. The quantitative estimate of drug-likeness (QED) is 0.214. The molecule has 0 aliphatic heterocycles. The van der Waals surface area contributed by atoms with Gasteiger partial charge in [-0.15, -0.1) is 22.7 Å². The number of halogens is 1. The van der Waals surface area contributed by atoms with Crippen molar-refractivity contribution in [2.45, 2.75) is 17.5 Å². The minimum absolute atomic E-state index is 0.00436. The summed E-state index contributed by atoms with van der Waals surface area (Å²) in [6, 6.07) is 16.2. The van der Waals surface area contributed by atoms with Gasteiger partial charge in [0.2, 0.25) is 0 Å². The Kier molecular flexibility index (Phi) is 5.26. The number of nitrogens with zero attached hydrogens (tertiary/aromatic N) is 3. The molecule has 0 fully saturated rings. The third-order valence-electron chi connectivity index (χ3n) is 4.49. The van der Waals surface area contributed by atoms with E-state index < -0.39 is 0 Å². The highest BCUT2D eigenvalue weighted by Crippen LogP contribution is 2.31. The van der Waals surface area contributed by atoms with E-state index in [1.54, 1.807) is 33.9 Å². The van der Waals surface area contributed by atoms with E-state index in [9.17, 15) is 4.79 Å². The number of pyridine rings is 1. The van der Waals surface area contributed by atoms with Gasteiger partial charge in [0.05, 0.1) is 12.1 Å². The molecular formula is C21H14BrN3OS3. The van der Waals surface area contributed by atoms with Crippen molar-refractivity contribution in [2.24, 2.45) is 0 Å². The first kappa shape index (κ1) is 19.0. The molecule has 4 aromatic heterocycles. The SMILES string of the molecule is O=c1c2sc3ncccc3c2nc(SCc2ccc(Br)cc2)n1Cc1cccs1. The molecule has 0 unspecified atom stereocenters. The number of aromatic nitrogens is 3. The van der Waals surface area contributed by atoms with E-state index in [4.69, 9.17) is 4.98 Å². The second-order valence-electron chi connectivity index (χ2n) is 6.42. The highest BCUT2D eigenvalue weighted by atomic mass is 79.9. The van der Waals surface area contributed by atoms with Crippen LogP contribution in [0.15, 0.2) is 74.5 Å². The van der Waals surface area contributed by atoms with Gasteiger partial charge in [0.1, 0.15) is 9.53 Å². The molecule has 0 atom stereocenters. The average Bonchev–Trinajstić information content (AvgIpc) is 3.38. The zero-order valence-corrected chi connectivity index (χ0v) is 19.1. The topological polar surface area (TPSA) is 47.8 Å². The molecule has 4 nitrogen and oxygen atoms in total. The number of hydrogen-bond acceptors (Lipinski definition) is 6. The molecule has 0 bridgehead atoms. The molecule has 0 saturated carbocycles. The van der Waals surface area contributed by atoms with Crippen LogP contribution in [0.25, 0.3) is 20.4 Å². The summed E-state index contributed by atoms with van der Waals surface area (Å²) in [5, 5.41) is 3.71. The monoisotopic (exact) mass is 499 g/mol. The van der Waals surface area contributed by atoms with Crippen LogP contribution in [0, 0.1) is 0 Å². The standard InChI is InChI=1S/C21H14BrN3OS3/c22-14-7-5-13(6-8-14)12-28-21-24-17-16-4-1-9-23-19(16)29-18(17)20(26)25(21)11-15-3-2-10-27-15/h1-10H,11-12H2. The zero-order valence-electron chi connectivity index (χ0n) is 15.0. The van der Waals surface area contributed by atoms with Crippen LogP contribution in [-0.2, 0) is 12.3 Å². The van der Waals surface area contributed by atoms with Gasteiger partial charge in [-0.2, -0.15) is 0 Å². The third kappa shape index (κ3) is 3.77. The van der Waals surface area contributed by atoms with Gasteiger partial charge in [0, 0.05) is 26.7 Å². The Morgan fingerprint density at radius 2 is 1.97 bits per heavy atom. The molecule has 0 amide bonds. The van der Waals surface area contributed by atoms with Crippen LogP contribution in [0.1, 0.15) is 10.4 Å². The summed E-state index contributed by atoms with van der Waals surface area (Å²) in [6.45, 7) is 0.532. The predicted octanol–water partition coefficient (Wildman–Crippen LogP) is 6.17. The summed E-state index contributed by atoms with van der Waals surface area (Å²) in [7, 11) is 0. The number of hydrogen-bond donors (Lipinski definition) is 0. The van der Waals surface area contributed by atoms with Crippen LogP contribution in [0.5, 0.6) is 0 Å². The summed E-state index contributed by atoms with van der Waals surface area (Å²) in [5.74, 6) is 0.746. The van der Waals surface area contributed by atoms with Crippen molar-refractivity contribution in [1.82, 2.24) is 14.5 Å². The summed E-state index contributed by atoms with van der Waals surface area (Å²) in [4.78, 5) is 24.7. The fraction of sp³-hybridized carbons (Fsp3) is 0.0952. The first-order valence-corrected chi connectivity index (χ1v) is 12.3. The zero-order chi connectivity index (χ0) is 19.8. The van der Waals surface area contributed by atoms with Gasteiger partial charge in [-0.05, 0) is 41.3 Å². The number of thioether (sulfide) groups is 1. The first-order chi connectivity index (χ1) is 14.2. The molecule has 5 rings (SSSR count). The summed E-state index contributed by atoms with van der Waals surface area (Å²) < 4.78 is 3.52. The molecular weight excluding hydrogens is 486 g/mol. The van der Waals surface area contributed by atoms with Crippen molar-refractivity contribution in [1.29, 1.82) is 0 Å². The molecule has 0 aliphatic rings. The maximum absolute atomic E-state index is 13.4. The molecule has 1 aromatic carbocycles. The summed E-state index contributed by atoms with van der Waals surface area (Å²) >= 11 is 8.14. The largest absolute Gasteiger partial charge is 0.281 e. The normalized spacial score (nSPS) is 11.5. The average molecular weight is 500 g/mol. The molecule has 5 aromatic rings. The van der Waals surface area contributed by atoms with Gasteiger partial charge in [0.15, 0.2) is 5.16 Å². The molecule has 144 valence electrons. The van der Waals surface area contributed by atoms with Gasteiger partial charge in [-0.1, -0.05) is 45.9 Å². The number of benzene rings is 1. The summed E-state index contributed by atoms with van der Waals surface area (Å²) in [6.07, 6.45) is 1.76. The molecule has 0 radical (unpaired) electrons. The second-order valence-corrected chi connectivity index (χ2v) is 10.3. The molecule has 0 N–H and O–H groups in total. The van der Waals surface area contributed by atoms with E-state index >= 15 is 0 Å². The van der Waals surface area contributed by atoms with Gasteiger partial charge in [-0.3, -0.25) is 9.36 Å². The van der Waals surface area contributed by atoms with E-state index in [0.717, 1.165) is 36.0 Å². The van der Waals surface area contributed by atoms with Gasteiger partial charge in [-0.25, -0.2) is 9.97 Å². The highest BCUT2D eigenvalue weighted by molar-refractivity contribution is 9.10. The van der Waals surface area contributed by atoms with Crippen LogP contribution < -0.4 is 5.56 Å². The van der Waals surface area contributed by atoms with Gasteiger partial charge >= 0.3 is 0 Å². The van der Waals surface area contributed by atoms with Crippen molar-refractivity contribution >= 4 is 70.8 Å². The molecule has 29 heavy (non-hydrogen) atoms. The Morgan fingerprint density at radius 1 is 1.10 bits per heavy atom. The van der Waals surface area contributed by atoms with Crippen LogP contribution >= 0.6 is 50.4 Å². The fourth-order valence-corrected chi connectivity index (χ4v) is 6.01. The third-order valence-corrected chi connectivity index (χ3v) is 8.02. The minimum atomic E-state index is 0.00436. The highest BCUT2D eigenvalue weighted by Gasteiger charge is 2.17. The number of rotatable bonds is 5. The number of fused-ring (bicyclic) bond motifs is 3. The maximum atomic E-state index is 13.4. The lowest BCUT2D eigenvalue weighted by Gasteiger charge is -2.11. The van der Waals surface area contributed by atoms with E-state index in [0.29, 0.717) is 11.2 Å². The van der Waals surface area contributed by atoms with Crippen molar-refractivity contribution in [3.63, 3.8) is 0 Å². The minimum Gasteiger partial charge on any atom is -0.281 e. The Balaban J connectivity index is 1.63. The number of thiophene rings is 2. The van der Waals surface area contributed by atoms with E-state index in [-0.39, 0.29) is 5.56 Å². The van der Waals surface area contributed by atoms with Crippen molar-refractivity contribution in [2.75, 3.05) is 0 Å². The van der Waals surface area contributed by atoms with E-state index in [2.05, 4.69) is 39.1 Å². The van der Waals surface area contributed by atoms with Gasteiger partial charge < -0.3 is 0 Å². The first-order valence-electron chi connectivity index (χ1n) is 8.87. The molecule has 0 aliphatic carbocycles. The molecule has 0 spiro atoms. The van der Waals surface area contributed by atoms with Crippen molar-refractivity contribution in [3.05, 3.63) is 85.4 Å². The van der Waals surface area contributed by atoms with Crippen molar-refractivity contribution in [3.8, 4) is 0 Å². The lowest BCUT2D eigenvalue weighted by Crippen LogP contribution is -2.22. The Bertz CT molecular complexity index is 1360. The van der Waals surface area contributed by atoms with Gasteiger partial charge in [0.25, 0.3) is 5.56 Å². The fourth-order valence-electron chi connectivity index (χ4n) is 3.08. The maximum Gasteiger partial charge on any atom is 0.272 e. The lowest BCUT2D eigenvalue weighted by molar-refractivity contribution is 0.666. The second kappa shape index (κ2) is 8.02. The molecule has 0 saturated heterocycles. The smallest absolute Gasteiger partial charge is 0.272 e. The molecule has 4 heterocycles.